The van der Waals surface area contributed by atoms with Gasteiger partial charge < -0.3 is 19.4 Å². The lowest BCUT2D eigenvalue weighted by Crippen LogP contribution is -2.45. The van der Waals surface area contributed by atoms with E-state index in [-0.39, 0.29) is 0 Å². The van der Waals surface area contributed by atoms with Crippen LogP contribution in [0.4, 0.5) is 0 Å². The van der Waals surface area contributed by atoms with E-state index in [1.165, 1.54) is 21.5 Å². The quantitative estimate of drug-likeness (QED) is 0.171. The monoisotopic (exact) mass is 658 g/mol. The Labute approximate surface area is 290 Å². The molecule has 0 unspecified atom stereocenters. The molecule has 8 nitrogen and oxygen atoms in total. The van der Waals surface area contributed by atoms with Gasteiger partial charge in [0.05, 0.1) is 48.0 Å². The zero-order valence-electron chi connectivity index (χ0n) is 28.2. The van der Waals surface area contributed by atoms with Crippen molar-refractivity contribution in [1.29, 1.82) is 0 Å². The SMILES string of the molecule is COc1ccc(-c2nc(CN3CCN(Cc4cc5c([nH]c6ccccc65)c(-c5ccc(OC)cc5)n4)CC3)cc3c2[nH]c2ccccc23)cc1. The van der Waals surface area contributed by atoms with E-state index in [1.807, 2.05) is 24.3 Å². The first-order chi connectivity index (χ1) is 24.6. The highest BCUT2D eigenvalue weighted by Gasteiger charge is 2.21. The Kier molecular flexibility index (Phi) is 7.67. The van der Waals surface area contributed by atoms with Crippen LogP contribution < -0.4 is 9.47 Å². The molecule has 1 fully saturated rings. The molecule has 2 N–H and O–H groups in total. The maximum Gasteiger partial charge on any atom is 0.118 e. The number of nitrogens with one attached hydrogen (secondary N) is 2. The third-order valence-electron chi connectivity index (χ3n) is 10.1. The molecule has 1 aliphatic rings. The number of rotatable bonds is 8. The maximum absolute atomic E-state index is 5.43. The standard InChI is InChI=1S/C42H38N6O2/c1-49-31-15-11-27(12-16-31)39-41-35(33-7-3-5-9-37(33)45-41)23-29(43-39)25-47-19-21-48(22-20-47)26-30-24-36-34-8-4-6-10-38(34)46-42(36)40(44-30)28-13-17-32(50-2)18-14-28/h3-18,23-24,45-46H,19-22,25-26H2,1-2H3. The van der Waals surface area contributed by atoms with E-state index in [1.54, 1.807) is 14.2 Å². The number of hydrogen-bond acceptors (Lipinski definition) is 6. The summed E-state index contributed by atoms with van der Waals surface area (Å²) >= 11 is 0. The number of benzene rings is 4. The second-order valence-corrected chi connectivity index (χ2v) is 13.1. The fourth-order valence-electron chi connectivity index (χ4n) is 7.44. The number of aromatic amines is 2. The Morgan fingerprint density at radius 3 is 1.32 bits per heavy atom. The second-order valence-electron chi connectivity index (χ2n) is 13.1. The average molecular weight is 659 g/mol. The van der Waals surface area contributed by atoms with Crippen molar-refractivity contribution < 1.29 is 9.47 Å². The number of methoxy groups -OCH3 is 2. The summed E-state index contributed by atoms with van der Waals surface area (Å²) in [6, 6.07) is 37.9. The van der Waals surface area contributed by atoms with E-state index in [4.69, 9.17) is 19.4 Å². The van der Waals surface area contributed by atoms with Crippen LogP contribution in [0.25, 0.3) is 66.1 Å². The fraction of sp³-hybridized carbons (Fsp3) is 0.190. The smallest absolute Gasteiger partial charge is 0.118 e. The van der Waals surface area contributed by atoms with Gasteiger partial charge in [-0.25, -0.2) is 9.97 Å². The highest BCUT2D eigenvalue weighted by atomic mass is 16.5. The molecule has 0 amide bonds. The molecule has 1 saturated heterocycles. The van der Waals surface area contributed by atoms with Gasteiger partial charge in [0.1, 0.15) is 11.5 Å². The number of nitrogens with zero attached hydrogens (tertiary/aromatic N) is 4. The van der Waals surface area contributed by atoms with Crippen molar-refractivity contribution in [3.05, 3.63) is 121 Å². The van der Waals surface area contributed by atoms with Crippen molar-refractivity contribution >= 4 is 43.6 Å². The van der Waals surface area contributed by atoms with Crippen molar-refractivity contribution in [3.63, 3.8) is 0 Å². The van der Waals surface area contributed by atoms with Gasteiger partial charge in [-0.1, -0.05) is 36.4 Å². The Morgan fingerprint density at radius 1 is 0.520 bits per heavy atom. The summed E-state index contributed by atoms with van der Waals surface area (Å²) in [4.78, 5) is 22.8. The van der Waals surface area contributed by atoms with Crippen molar-refractivity contribution in [1.82, 2.24) is 29.7 Å². The highest BCUT2D eigenvalue weighted by molar-refractivity contribution is 6.12. The Hall–Kier alpha value is -5.70. The number of H-pyrrole nitrogens is 2. The van der Waals surface area contributed by atoms with E-state index in [0.717, 1.165) is 107 Å². The summed E-state index contributed by atoms with van der Waals surface area (Å²) in [5, 5.41) is 4.86. The maximum atomic E-state index is 5.43. The average Bonchev–Trinajstić information content (AvgIpc) is 3.74. The van der Waals surface area contributed by atoms with E-state index >= 15 is 0 Å². The topological polar surface area (TPSA) is 82.3 Å². The first-order valence-corrected chi connectivity index (χ1v) is 17.2. The van der Waals surface area contributed by atoms with Crippen LogP contribution in [0.15, 0.2) is 109 Å². The predicted molar refractivity (Wildman–Crippen MR) is 202 cm³/mol. The van der Waals surface area contributed by atoms with Gasteiger partial charge >= 0.3 is 0 Å². The number of hydrogen-bond donors (Lipinski definition) is 2. The summed E-state index contributed by atoms with van der Waals surface area (Å²) in [5.74, 6) is 1.67. The molecule has 1 aliphatic heterocycles. The Morgan fingerprint density at radius 2 is 0.920 bits per heavy atom. The van der Waals surface area contributed by atoms with Crippen LogP contribution in [0.1, 0.15) is 11.4 Å². The van der Waals surface area contributed by atoms with E-state index in [0.29, 0.717) is 0 Å². The van der Waals surface area contributed by atoms with Gasteiger partial charge in [-0.2, -0.15) is 0 Å². The van der Waals surface area contributed by atoms with Crippen LogP contribution in [-0.4, -0.2) is 70.1 Å². The zero-order chi connectivity index (χ0) is 33.6. The number of piperazine rings is 1. The molecule has 9 rings (SSSR count). The molecular weight excluding hydrogens is 621 g/mol. The molecule has 0 spiro atoms. The van der Waals surface area contributed by atoms with Gasteiger partial charge in [0.25, 0.3) is 0 Å². The molecule has 8 aromatic rings. The lowest BCUT2D eigenvalue weighted by molar-refractivity contribution is 0.120. The summed E-state index contributed by atoms with van der Waals surface area (Å²) in [6.45, 7) is 5.46. The summed E-state index contributed by atoms with van der Waals surface area (Å²) in [5.41, 5.74) is 10.6. The molecule has 0 saturated carbocycles. The highest BCUT2D eigenvalue weighted by Crippen LogP contribution is 2.35. The van der Waals surface area contributed by atoms with Gasteiger partial charge in [0.2, 0.25) is 0 Å². The molecular formula is C42H38N6O2. The largest absolute Gasteiger partial charge is 0.497 e. The van der Waals surface area contributed by atoms with Crippen LogP contribution in [0, 0.1) is 0 Å². The molecule has 248 valence electrons. The number of ether oxygens (including phenoxy) is 2. The number of para-hydroxylation sites is 2. The van der Waals surface area contributed by atoms with Crippen molar-refractivity contribution in [2.75, 3.05) is 40.4 Å². The first-order valence-electron chi connectivity index (χ1n) is 17.2. The predicted octanol–water partition coefficient (Wildman–Crippen LogP) is 8.41. The zero-order valence-corrected chi connectivity index (χ0v) is 28.2. The second kappa shape index (κ2) is 12.6. The van der Waals surface area contributed by atoms with Crippen molar-refractivity contribution in [3.8, 4) is 34.0 Å². The van der Waals surface area contributed by atoms with Crippen LogP contribution in [0.2, 0.25) is 0 Å². The van der Waals surface area contributed by atoms with Crippen molar-refractivity contribution in [2.45, 2.75) is 13.1 Å². The van der Waals surface area contributed by atoms with Gasteiger partial charge in [-0.05, 0) is 72.8 Å². The van der Waals surface area contributed by atoms with Gasteiger partial charge in [0.15, 0.2) is 0 Å². The lowest BCUT2D eigenvalue weighted by atomic mass is 10.1. The molecule has 0 atom stereocenters. The summed E-state index contributed by atoms with van der Waals surface area (Å²) in [7, 11) is 3.39. The molecule has 0 aliphatic carbocycles. The van der Waals surface area contributed by atoms with Gasteiger partial charge in [-0.3, -0.25) is 9.80 Å². The minimum absolute atomic E-state index is 0.799. The van der Waals surface area contributed by atoms with E-state index in [9.17, 15) is 0 Å². The first kappa shape index (κ1) is 30.4. The fourth-order valence-corrected chi connectivity index (χ4v) is 7.44. The number of pyridine rings is 2. The van der Waals surface area contributed by atoms with Crippen LogP contribution in [0.5, 0.6) is 11.5 Å². The number of aromatic nitrogens is 4. The summed E-state index contributed by atoms with van der Waals surface area (Å²) in [6.07, 6.45) is 0. The van der Waals surface area contributed by atoms with E-state index < -0.39 is 0 Å². The van der Waals surface area contributed by atoms with Crippen LogP contribution >= 0.6 is 0 Å². The molecule has 0 radical (unpaired) electrons. The molecule has 0 bridgehead atoms. The third-order valence-corrected chi connectivity index (χ3v) is 10.1. The van der Waals surface area contributed by atoms with Crippen molar-refractivity contribution in [2.24, 2.45) is 0 Å². The van der Waals surface area contributed by atoms with Gasteiger partial charge in [0, 0.05) is 83.0 Å². The molecule has 4 aromatic heterocycles. The summed E-state index contributed by atoms with van der Waals surface area (Å²) < 4.78 is 10.9. The van der Waals surface area contributed by atoms with E-state index in [2.05, 4.69) is 105 Å². The van der Waals surface area contributed by atoms with Gasteiger partial charge in [-0.15, -0.1) is 0 Å². The molecule has 50 heavy (non-hydrogen) atoms. The molecule has 4 aromatic carbocycles. The minimum atomic E-state index is 0.799. The van der Waals surface area contributed by atoms with Crippen LogP contribution in [-0.2, 0) is 13.1 Å². The minimum Gasteiger partial charge on any atom is -0.497 e. The normalized spacial score (nSPS) is 14.3. The van der Waals surface area contributed by atoms with Crippen LogP contribution in [0.3, 0.4) is 0 Å². The Balaban J connectivity index is 0.973. The Bertz CT molecular complexity index is 2300. The number of fused-ring (bicyclic) bond motifs is 6. The third kappa shape index (κ3) is 5.52. The molecule has 5 heterocycles. The molecule has 8 heteroatoms. The lowest BCUT2D eigenvalue weighted by Gasteiger charge is -2.34.